The molecule has 2 nitrogen and oxygen atoms in total. The highest BCUT2D eigenvalue weighted by Crippen LogP contribution is 2.29. The van der Waals surface area contributed by atoms with Gasteiger partial charge in [-0.15, -0.1) is 0 Å². The predicted molar refractivity (Wildman–Crippen MR) is 62.4 cm³/mol. The second-order valence-corrected chi connectivity index (χ2v) is 3.77. The summed E-state index contributed by atoms with van der Waals surface area (Å²) in [7, 11) is 0. The normalized spacial score (nSPS) is 21.8. The second kappa shape index (κ2) is 4.56. The molecule has 0 saturated heterocycles. The minimum Gasteiger partial charge on any atom is -0.325 e. The van der Waals surface area contributed by atoms with Crippen LogP contribution in [0.15, 0.2) is 27.9 Å². The van der Waals surface area contributed by atoms with Crippen molar-refractivity contribution in [1.29, 1.82) is 0 Å². The van der Waals surface area contributed by atoms with Crippen molar-refractivity contribution < 1.29 is 0 Å². The average Bonchev–Trinajstić information content (AvgIpc) is 2.39. The van der Waals surface area contributed by atoms with Crippen molar-refractivity contribution in [2.24, 2.45) is 10.7 Å². The van der Waals surface area contributed by atoms with Crippen molar-refractivity contribution >= 4 is 5.71 Å². The number of nitrogens with two attached hydrogens (primary N) is 1. The van der Waals surface area contributed by atoms with Gasteiger partial charge in [-0.05, 0) is 43.9 Å². The van der Waals surface area contributed by atoms with Gasteiger partial charge in [-0.3, -0.25) is 4.99 Å². The SMILES string of the molecule is CCC1=C(CC)/C(=C/C(C)N)N=C1C. The number of hydrogen-bond acceptors (Lipinski definition) is 2. The minimum absolute atomic E-state index is 0.0827. The van der Waals surface area contributed by atoms with Crippen molar-refractivity contribution in [3.8, 4) is 0 Å². The molecule has 2 heteroatoms. The van der Waals surface area contributed by atoms with E-state index in [1.807, 2.05) is 13.0 Å². The Hall–Kier alpha value is -0.890. The minimum atomic E-state index is 0.0827. The molecule has 2 N–H and O–H groups in total. The smallest absolute Gasteiger partial charge is 0.0643 e. The molecule has 0 radical (unpaired) electrons. The summed E-state index contributed by atoms with van der Waals surface area (Å²) in [6.07, 6.45) is 4.16. The molecule has 1 heterocycles. The first-order chi connectivity index (χ1) is 6.60. The lowest BCUT2D eigenvalue weighted by Gasteiger charge is -2.04. The molecule has 0 aromatic carbocycles. The second-order valence-electron chi connectivity index (χ2n) is 3.77. The average molecular weight is 192 g/mol. The first-order valence-electron chi connectivity index (χ1n) is 5.35. The maximum atomic E-state index is 5.75. The van der Waals surface area contributed by atoms with E-state index >= 15 is 0 Å². The number of nitrogens with zero attached hydrogens (tertiary/aromatic N) is 1. The van der Waals surface area contributed by atoms with E-state index in [0.29, 0.717) is 0 Å². The van der Waals surface area contributed by atoms with Crippen LogP contribution in [0.5, 0.6) is 0 Å². The lowest BCUT2D eigenvalue weighted by Crippen LogP contribution is -2.11. The molecule has 0 aliphatic carbocycles. The van der Waals surface area contributed by atoms with Crippen LogP contribution in [0.1, 0.15) is 40.5 Å². The monoisotopic (exact) mass is 192 g/mol. The molecule has 0 bridgehead atoms. The molecule has 78 valence electrons. The summed E-state index contributed by atoms with van der Waals surface area (Å²) >= 11 is 0. The third kappa shape index (κ3) is 2.13. The first kappa shape index (κ1) is 11.2. The van der Waals surface area contributed by atoms with Gasteiger partial charge in [0.2, 0.25) is 0 Å². The molecule has 0 aromatic heterocycles. The highest BCUT2D eigenvalue weighted by molar-refractivity contribution is 6.03. The van der Waals surface area contributed by atoms with E-state index < -0.39 is 0 Å². The number of rotatable bonds is 3. The molecule has 1 aliphatic heterocycles. The van der Waals surface area contributed by atoms with Gasteiger partial charge >= 0.3 is 0 Å². The van der Waals surface area contributed by atoms with E-state index in [0.717, 1.165) is 24.3 Å². The maximum Gasteiger partial charge on any atom is 0.0643 e. The maximum absolute atomic E-state index is 5.75. The van der Waals surface area contributed by atoms with Crippen molar-refractivity contribution in [3.63, 3.8) is 0 Å². The Morgan fingerprint density at radius 1 is 1.29 bits per heavy atom. The molecular weight excluding hydrogens is 172 g/mol. The van der Waals surface area contributed by atoms with Crippen LogP contribution in [-0.4, -0.2) is 11.8 Å². The van der Waals surface area contributed by atoms with Gasteiger partial charge < -0.3 is 5.73 Å². The largest absolute Gasteiger partial charge is 0.325 e. The van der Waals surface area contributed by atoms with Crippen LogP contribution in [0.4, 0.5) is 0 Å². The van der Waals surface area contributed by atoms with Gasteiger partial charge in [-0.25, -0.2) is 0 Å². The molecule has 14 heavy (non-hydrogen) atoms. The predicted octanol–water partition coefficient (Wildman–Crippen LogP) is 2.81. The fourth-order valence-corrected chi connectivity index (χ4v) is 1.94. The van der Waals surface area contributed by atoms with Gasteiger partial charge in [-0.1, -0.05) is 13.8 Å². The quantitative estimate of drug-likeness (QED) is 0.733. The van der Waals surface area contributed by atoms with Crippen molar-refractivity contribution in [2.75, 3.05) is 0 Å². The summed E-state index contributed by atoms with van der Waals surface area (Å²) in [5.41, 5.74) is 10.8. The molecule has 1 rings (SSSR count). The summed E-state index contributed by atoms with van der Waals surface area (Å²) in [6, 6.07) is 0.0827. The molecule has 0 aromatic rings. The summed E-state index contributed by atoms with van der Waals surface area (Å²) in [5.74, 6) is 0. The van der Waals surface area contributed by atoms with Gasteiger partial charge in [0.05, 0.1) is 5.70 Å². The van der Waals surface area contributed by atoms with Crippen LogP contribution in [-0.2, 0) is 0 Å². The van der Waals surface area contributed by atoms with Crippen LogP contribution in [0.2, 0.25) is 0 Å². The zero-order chi connectivity index (χ0) is 10.7. The topological polar surface area (TPSA) is 38.4 Å². The Bertz CT molecular complexity index is 306. The lowest BCUT2D eigenvalue weighted by atomic mass is 10.00. The van der Waals surface area contributed by atoms with Crippen LogP contribution in [0.25, 0.3) is 0 Å². The van der Waals surface area contributed by atoms with Gasteiger partial charge in [0.15, 0.2) is 0 Å². The van der Waals surface area contributed by atoms with E-state index in [9.17, 15) is 0 Å². The Morgan fingerprint density at radius 3 is 2.29 bits per heavy atom. The lowest BCUT2D eigenvalue weighted by molar-refractivity contribution is 0.908. The van der Waals surface area contributed by atoms with Crippen LogP contribution in [0.3, 0.4) is 0 Å². The third-order valence-corrected chi connectivity index (χ3v) is 2.53. The molecule has 1 aliphatic rings. The van der Waals surface area contributed by atoms with Crippen molar-refractivity contribution in [2.45, 2.75) is 46.6 Å². The molecule has 0 amide bonds. The highest BCUT2D eigenvalue weighted by Gasteiger charge is 2.17. The zero-order valence-corrected chi connectivity index (χ0v) is 9.59. The first-order valence-corrected chi connectivity index (χ1v) is 5.35. The Labute approximate surface area is 86.6 Å². The van der Waals surface area contributed by atoms with Gasteiger partial charge in [0, 0.05) is 11.8 Å². The molecule has 0 spiro atoms. The van der Waals surface area contributed by atoms with Gasteiger partial charge in [0.1, 0.15) is 0 Å². The van der Waals surface area contributed by atoms with Crippen molar-refractivity contribution in [3.05, 3.63) is 22.9 Å². The molecule has 1 atom stereocenters. The number of allylic oxidation sites excluding steroid dienone is 2. The van der Waals surface area contributed by atoms with E-state index in [1.54, 1.807) is 0 Å². The fraction of sp³-hybridized carbons (Fsp3) is 0.583. The summed E-state index contributed by atoms with van der Waals surface area (Å²) in [5, 5.41) is 0. The van der Waals surface area contributed by atoms with Crippen LogP contribution < -0.4 is 5.73 Å². The number of hydrogen-bond donors (Lipinski definition) is 1. The van der Waals surface area contributed by atoms with Crippen LogP contribution in [0, 0.1) is 0 Å². The van der Waals surface area contributed by atoms with E-state index in [2.05, 4.69) is 25.8 Å². The fourth-order valence-electron chi connectivity index (χ4n) is 1.94. The summed E-state index contributed by atoms with van der Waals surface area (Å²) < 4.78 is 0. The van der Waals surface area contributed by atoms with Gasteiger partial charge in [-0.2, -0.15) is 0 Å². The molecular formula is C12H20N2. The summed E-state index contributed by atoms with van der Waals surface area (Å²) in [4.78, 5) is 4.56. The Kier molecular flexibility index (Phi) is 3.64. The van der Waals surface area contributed by atoms with Crippen molar-refractivity contribution in [1.82, 2.24) is 0 Å². The number of aliphatic imine (C=N–C) groups is 1. The van der Waals surface area contributed by atoms with Crippen LogP contribution >= 0.6 is 0 Å². The molecule has 1 unspecified atom stereocenters. The Morgan fingerprint density at radius 2 is 1.86 bits per heavy atom. The highest BCUT2D eigenvalue weighted by atomic mass is 14.8. The summed E-state index contributed by atoms with van der Waals surface area (Å²) in [6.45, 7) is 8.42. The standard InChI is InChI=1S/C12H20N2/c1-5-10-9(4)14-12(7-8(3)13)11(10)6-2/h7-8H,5-6,13H2,1-4H3/b12-7-. The van der Waals surface area contributed by atoms with E-state index in [4.69, 9.17) is 5.73 Å². The van der Waals surface area contributed by atoms with E-state index in [1.165, 1.54) is 11.1 Å². The third-order valence-electron chi connectivity index (χ3n) is 2.53. The Balaban J connectivity index is 3.08. The zero-order valence-electron chi connectivity index (χ0n) is 9.59. The van der Waals surface area contributed by atoms with Gasteiger partial charge in [0.25, 0.3) is 0 Å². The molecule has 0 fully saturated rings. The molecule has 0 saturated carbocycles. The van der Waals surface area contributed by atoms with E-state index in [-0.39, 0.29) is 6.04 Å².